The van der Waals surface area contributed by atoms with Gasteiger partial charge in [0, 0.05) is 32.7 Å². The highest BCUT2D eigenvalue weighted by atomic mass is 127. The van der Waals surface area contributed by atoms with Crippen LogP contribution in [-0.4, -0.2) is 57.0 Å². The van der Waals surface area contributed by atoms with Crippen LogP contribution in [0.3, 0.4) is 0 Å². The first-order valence-electron chi connectivity index (χ1n) is 7.94. The predicted molar refractivity (Wildman–Crippen MR) is 107 cm³/mol. The number of hydrogen-bond donors (Lipinski definition) is 1. The predicted octanol–water partition coefficient (Wildman–Crippen LogP) is 3.49. The molecule has 0 heterocycles. The van der Waals surface area contributed by atoms with Crippen LogP contribution < -0.4 is 5.32 Å². The second kappa shape index (κ2) is 11.6. The molecule has 0 fully saturated rings. The van der Waals surface area contributed by atoms with Crippen molar-refractivity contribution in [3.05, 3.63) is 35.4 Å². The SMILES string of the molecule is CCCCN(C)C(=NC)NCC(c1c(F)cccc1F)N(C)C.I. The first kappa shape index (κ1) is 23.0. The van der Waals surface area contributed by atoms with Crippen molar-refractivity contribution >= 4 is 29.9 Å². The van der Waals surface area contributed by atoms with Gasteiger partial charge in [-0.05, 0) is 32.6 Å². The Kier molecular flexibility index (Phi) is 11.1. The summed E-state index contributed by atoms with van der Waals surface area (Å²) in [5, 5.41) is 3.21. The summed E-state index contributed by atoms with van der Waals surface area (Å²) in [7, 11) is 7.28. The molecule has 0 saturated carbocycles. The summed E-state index contributed by atoms with van der Waals surface area (Å²) < 4.78 is 28.1. The van der Waals surface area contributed by atoms with Crippen LogP contribution in [0.5, 0.6) is 0 Å². The maximum absolute atomic E-state index is 14.1. The summed E-state index contributed by atoms with van der Waals surface area (Å²) in [6.45, 7) is 3.39. The lowest BCUT2D eigenvalue weighted by atomic mass is 10.0. The van der Waals surface area contributed by atoms with E-state index in [1.54, 1.807) is 11.9 Å². The average Bonchev–Trinajstić information content (AvgIpc) is 2.50. The number of aliphatic imine (C=N–C) groups is 1. The molecule has 0 aliphatic heterocycles. The molecule has 1 aromatic rings. The number of halogens is 3. The van der Waals surface area contributed by atoms with Gasteiger partial charge in [-0.1, -0.05) is 19.4 Å². The molecular weight excluding hydrogens is 425 g/mol. The third kappa shape index (κ3) is 6.51. The van der Waals surface area contributed by atoms with Crippen LogP contribution >= 0.6 is 24.0 Å². The molecule has 0 spiro atoms. The van der Waals surface area contributed by atoms with Gasteiger partial charge in [0.05, 0.1) is 6.04 Å². The van der Waals surface area contributed by atoms with E-state index >= 15 is 0 Å². The maximum atomic E-state index is 14.1. The van der Waals surface area contributed by atoms with Crippen molar-refractivity contribution in [2.75, 3.05) is 41.3 Å². The zero-order valence-electron chi connectivity index (χ0n) is 15.1. The van der Waals surface area contributed by atoms with Crippen LogP contribution in [0.25, 0.3) is 0 Å². The molecule has 1 N–H and O–H groups in total. The van der Waals surface area contributed by atoms with E-state index in [1.807, 2.05) is 26.0 Å². The normalized spacial score (nSPS) is 12.8. The van der Waals surface area contributed by atoms with Crippen LogP contribution in [0.15, 0.2) is 23.2 Å². The van der Waals surface area contributed by atoms with E-state index in [-0.39, 0.29) is 29.5 Å². The first-order valence-corrected chi connectivity index (χ1v) is 7.94. The molecule has 1 aromatic carbocycles. The van der Waals surface area contributed by atoms with Crippen molar-refractivity contribution in [3.63, 3.8) is 0 Å². The number of nitrogens with zero attached hydrogens (tertiary/aromatic N) is 3. The van der Waals surface area contributed by atoms with E-state index in [1.165, 1.54) is 18.2 Å². The molecule has 24 heavy (non-hydrogen) atoms. The number of benzene rings is 1. The Hall–Kier alpha value is -0.960. The lowest BCUT2D eigenvalue weighted by Gasteiger charge is -2.28. The Bertz CT molecular complexity index is 503. The van der Waals surface area contributed by atoms with Crippen molar-refractivity contribution in [1.29, 1.82) is 0 Å². The zero-order valence-corrected chi connectivity index (χ0v) is 17.5. The van der Waals surface area contributed by atoms with Gasteiger partial charge >= 0.3 is 0 Å². The molecule has 0 bridgehead atoms. The highest BCUT2D eigenvalue weighted by molar-refractivity contribution is 14.0. The zero-order chi connectivity index (χ0) is 17.4. The number of unbranched alkanes of at least 4 members (excludes halogenated alkanes) is 1. The summed E-state index contributed by atoms with van der Waals surface area (Å²) in [5.74, 6) is -0.332. The Balaban J connectivity index is 0.00000529. The number of likely N-dealkylation sites (N-methyl/N-ethyl adjacent to an activating group) is 1. The fourth-order valence-electron chi connectivity index (χ4n) is 2.45. The second-order valence-corrected chi connectivity index (χ2v) is 5.82. The second-order valence-electron chi connectivity index (χ2n) is 5.82. The van der Waals surface area contributed by atoms with Crippen molar-refractivity contribution in [1.82, 2.24) is 15.1 Å². The Labute approximate surface area is 161 Å². The van der Waals surface area contributed by atoms with Crippen LogP contribution in [0, 0.1) is 11.6 Å². The van der Waals surface area contributed by atoms with Crippen molar-refractivity contribution in [3.8, 4) is 0 Å². The summed E-state index contributed by atoms with van der Waals surface area (Å²) in [4.78, 5) is 8.06. The molecule has 0 aromatic heterocycles. The van der Waals surface area contributed by atoms with Crippen LogP contribution in [0.2, 0.25) is 0 Å². The Morgan fingerprint density at radius 3 is 2.25 bits per heavy atom. The molecule has 1 atom stereocenters. The first-order chi connectivity index (χ1) is 10.9. The maximum Gasteiger partial charge on any atom is 0.193 e. The lowest BCUT2D eigenvalue weighted by molar-refractivity contribution is 0.280. The molecule has 0 aliphatic carbocycles. The third-order valence-electron chi connectivity index (χ3n) is 3.83. The van der Waals surface area contributed by atoms with E-state index in [0.29, 0.717) is 6.54 Å². The smallest absolute Gasteiger partial charge is 0.193 e. The molecule has 0 radical (unpaired) electrons. The van der Waals surface area contributed by atoms with E-state index in [9.17, 15) is 8.78 Å². The molecule has 0 saturated heterocycles. The standard InChI is InChI=1S/C17H28F2N4.HI/c1-6-7-11-23(5)17(20-2)21-12-15(22(3)4)16-13(18)9-8-10-14(16)19;/h8-10,15H,6-7,11-12H2,1-5H3,(H,20,21);1H. The number of nitrogens with one attached hydrogen (secondary N) is 1. The van der Waals surface area contributed by atoms with Gasteiger partial charge in [0.2, 0.25) is 0 Å². The quantitative estimate of drug-likeness (QED) is 0.389. The fourth-order valence-corrected chi connectivity index (χ4v) is 2.45. The lowest BCUT2D eigenvalue weighted by Crippen LogP contribution is -2.43. The topological polar surface area (TPSA) is 30.9 Å². The van der Waals surface area contributed by atoms with E-state index in [0.717, 1.165) is 25.3 Å². The largest absolute Gasteiger partial charge is 0.354 e. The minimum absolute atomic E-state index is 0. The minimum atomic E-state index is -0.528. The third-order valence-corrected chi connectivity index (χ3v) is 3.83. The Morgan fingerprint density at radius 1 is 1.21 bits per heavy atom. The van der Waals surface area contributed by atoms with E-state index in [4.69, 9.17) is 0 Å². The number of guanidine groups is 1. The van der Waals surface area contributed by atoms with Crippen LogP contribution in [0.4, 0.5) is 8.78 Å². The molecule has 0 amide bonds. The number of rotatable bonds is 7. The van der Waals surface area contributed by atoms with Crippen molar-refractivity contribution in [2.45, 2.75) is 25.8 Å². The monoisotopic (exact) mass is 454 g/mol. The van der Waals surface area contributed by atoms with Gasteiger partial charge in [-0.15, -0.1) is 24.0 Å². The van der Waals surface area contributed by atoms with E-state index in [2.05, 4.69) is 17.2 Å². The van der Waals surface area contributed by atoms with Crippen LogP contribution in [0.1, 0.15) is 31.4 Å². The van der Waals surface area contributed by atoms with Gasteiger partial charge in [-0.2, -0.15) is 0 Å². The van der Waals surface area contributed by atoms with E-state index < -0.39 is 17.7 Å². The molecule has 4 nitrogen and oxygen atoms in total. The summed E-state index contributed by atoms with van der Waals surface area (Å²) >= 11 is 0. The molecule has 138 valence electrons. The molecule has 1 rings (SSSR count). The summed E-state index contributed by atoms with van der Waals surface area (Å²) in [6.07, 6.45) is 2.17. The average molecular weight is 454 g/mol. The van der Waals surface area contributed by atoms with Gasteiger partial charge in [-0.3, -0.25) is 4.99 Å². The fraction of sp³-hybridized carbons (Fsp3) is 0.588. The summed E-state index contributed by atoms with van der Waals surface area (Å²) in [6, 6.07) is 3.53. The van der Waals surface area contributed by atoms with Crippen molar-refractivity contribution < 1.29 is 8.78 Å². The highest BCUT2D eigenvalue weighted by Gasteiger charge is 2.22. The molecule has 1 unspecified atom stereocenters. The summed E-state index contributed by atoms with van der Waals surface area (Å²) in [5.41, 5.74) is 0.0802. The van der Waals surface area contributed by atoms with Gasteiger partial charge in [0.1, 0.15) is 11.6 Å². The molecular formula is C17H29F2IN4. The van der Waals surface area contributed by atoms with Gasteiger partial charge < -0.3 is 15.1 Å². The van der Waals surface area contributed by atoms with Crippen molar-refractivity contribution in [2.24, 2.45) is 4.99 Å². The minimum Gasteiger partial charge on any atom is -0.354 e. The van der Waals surface area contributed by atoms with Crippen LogP contribution in [-0.2, 0) is 0 Å². The van der Waals surface area contributed by atoms with Gasteiger partial charge in [0.25, 0.3) is 0 Å². The Morgan fingerprint density at radius 2 is 1.79 bits per heavy atom. The highest BCUT2D eigenvalue weighted by Crippen LogP contribution is 2.23. The van der Waals surface area contributed by atoms with Gasteiger partial charge in [-0.25, -0.2) is 8.78 Å². The van der Waals surface area contributed by atoms with Gasteiger partial charge in [0.15, 0.2) is 5.96 Å². The molecule has 7 heteroatoms. The number of hydrogen-bond acceptors (Lipinski definition) is 2. The molecule has 0 aliphatic rings.